The van der Waals surface area contributed by atoms with Crippen molar-refractivity contribution in [2.45, 2.75) is 13.0 Å². The Labute approximate surface area is 147 Å². The minimum Gasteiger partial charge on any atom is -0.361 e. The van der Waals surface area contributed by atoms with Crippen molar-refractivity contribution in [2.75, 3.05) is 32.7 Å². The normalized spacial score (nSPS) is 15.8. The van der Waals surface area contributed by atoms with Gasteiger partial charge in [0.15, 0.2) is 0 Å². The Kier molecular flexibility index (Phi) is 4.52. The SMILES string of the molecule is O=C(Cc1c[nH]c2ccccc12)N1CCN(CCn2cccn2)CC1. The lowest BCUT2D eigenvalue weighted by atomic mass is 10.1. The Balaban J connectivity index is 1.29. The van der Waals surface area contributed by atoms with Crippen molar-refractivity contribution in [1.82, 2.24) is 24.6 Å². The average molecular weight is 337 g/mol. The van der Waals surface area contributed by atoms with E-state index in [0.717, 1.165) is 55.7 Å². The zero-order valence-corrected chi connectivity index (χ0v) is 14.3. The van der Waals surface area contributed by atoms with Crippen LogP contribution in [0.4, 0.5) is 0 Å². The highest BCUT2D eigenvalue weighted by Crippen LogP contribution is 2.19. The molecule has 0 atom stereocenters. The summed E-state index contributed by atoms with van der Waals surface area (Å²) < 4.78 is 1.95. The summed E-state index contributed by atoms with van der Waals surface area (Å²) in [4.78, 5) is 20.3. The highest BCUT2D eigenvalue weighted by Gasteiger charge is 2.21. The van der Waals surface area contributed by atoms with Crippen LogP contribution in [0.15, 0.2) is 48.9 Å². The molecule has 0 radical (unpaired) electrons. The van der Waals surface area contributed by atoms with Gasteiger partial charge in [0.05, 0.1) is 13.0 Å². The molecule has 6 nitrogen and oxygen atoms in total. The second-order valence-electron chi connectivity index (χ2n) is 6.53. The summed E-state index contributed by atoms with van der Waals surface area (Å²) in [5.74, 6) is 0.219. The van der Waals surface area contributed by atoms with Crippen molar-refractivity contribution in [3.63, 3.8) is 0 Å². The highest BCUT2D eigenvalue weighted by molar-refractivity contribution is 5.88. The fourth-order valence-corrected chi connectivity index (χ4v) is 3.45. The number of amides is 1. The topological polar surface area (TPSA) is 57.2 Å². The lowest BCUT2D eigenvalue weighted by Gasteiger charge is -2.34. The van der Waals surface area contributed by atoms with E-state index in [1.807, 2.05) is 46.2 Å². The number of piperazine rings is 1. The molecule has 25 heavy (non-hydrogen) atoms. The van der Waals surface area contributed by atoms with Crippen molar-refractivity contribution in [3.05, 3.63) is 54.5 Å². The fraction of sp³-hybridized carbons (Fsp3) is 0.368. The molecule has 1 fully saturated rings. The first kappa shape index (κ1) is 15.9. The van der Waals surface area contributed by atoms with Crippen LogP contribution in [-0.2, 0) is 17.8 Å². The van der Waals surface area contributed by atoms with E-state index in [1.54, 1.807) is 6.20 Å². The van der Waals surface area contributed by atoms with Crippen molar-refractivity contribution in [3.8, 4) is 0 Å². The van der Waals surface area contributed by atoms with Crippen molar-refractivity contribution in [2.24, 2.45) is 0 Å². The third-order valence-electron chi connectivity index (χ3n) is 4.95. The summed E-state index contributed by atoms with van der Waals surface area (Å²) in [5.41, 5.74) is 2.18. The van der Waals surface area contributed by atoms with Crippen LogP contribution in [0.3, 0.4) is 0 Å². The number of hydrogen-bond acceptors (Lipinski definition) is 3. The van der Waals surface area contributed by atoms with Gasteiger partial charge in [-0.25, -0.2) is 0 Å². The number of aromatic amines is 1. The van der Waals surface area contributed by atoms with E-state index in [-0.39, 0.29) is 5.91 Å². The summed E-state index contributed by atoms with van der Waals surface area (Å²) in [6.07, 6.45) is 6.22. The number of carbonyl (C=O) groups excluding carboxylic acids is 1. The molecule has 0 spiro atoms. The quantitative estimate of drug-likeness (QED) is 0.772. The molecule has 1 N–H and O–H groups in total. The molecule has 1 saturated heterocycles. The molecule has 0 aliphatic carbocycles. The first-order chi connectivity index (χ1) is 12.3. The van der Waals surface area contributed by atoms with Gasteiger partial charge in [0.25, 0.3) is 0 Å². The Hall–Kier alpha value is -2.60. The summed E-state index contributed by atoms with van der Waals surface area (Å²) in [6.45, 7) is 5.35. The second-order valence-corrected chi connectivity index (χ2v) is 6.53. The van der Waals surface area contributed by atoms with E-state index in [2.05, 4.69) is 21.0 Å². The van der Waals surface area contributed by atoms with Crippen LogP contribution < -0.4 is 0 Å². The molecule has 4 rings (SSSR count). The van der Waals surface area contributed by atoms with Gasteiger partial charge in [0, 0.05) is 62.2 Å². The van der Waals surface area contributed by atoms with Crippen molar-refractivity contribution >= 4 is 16.8 Å². The minimum atomic E-state index is 0.219. The van der Waals surface area contributed by atoms with E-state index in [4.69, 9.17) is 0 Å². The number of carbonyl (C=O) groups is 1. The second kappa shape index (κ2) is 7.11. The zero-order valence-electron chi connectivity index (χ0n) is 14.3. The maximum Gasteiger partial charge on any atom is 0.227 e. The van der Waals surface area contributed by atoms with Gasteiger partial charge in [-0.1, -0.05) is 18.2 Å². The molecule has 0 saturated carbocycles. The van der Waals surface area contributed by atoms with Gasteiger partial charge in [0.2, 0.25) is 5.91 Å². The summed E-state index contributed by atoms with van der Waals surface area (Å²) in [7, 11) is 0. The predicted octanol–water partition coefficient (Wildman–Crippen LogP) is 1.75. The van der Waals surface area contributed by atoms with Crippen LogP contribution in [0.2, 0.25) is 0 Å². The number of hydrogen-bond donors (Lipinski definition) is 1. The van der Waals surface area contributed by atoms with E-state index >= 15 is 0 Å². The Morgan fingerprint density at radius 2 is 1.92 bits per heavy atom. The number of H-pyrrole nitrogens is 1. The first-order valence-corrected chi connectivity index (χ1v) is 8.82. The van der Waals surface area contributed by atoms with Crippen molar-refractivity contribution < 1.29 is 4.79 Å². The monoisotopic (exact) mass is 337 g/mol. The summed E-state index contributed by atoms with van der Waals surface area (Å²) in [5, 5.41) is 5.38. The molecule has 1 aliphatic heterocycles. The minimum absolute atomic E-state index is 0.219. The molecule has 1 aromatic carbocycles. The number of benzene rings is 1. The van der Waals surface area contributed by atoms with Crippen LogP contribution in [-0.4, -0.2) is 63.2 Å². The smallest absolute Gasteiger partial charge is 0.227 e. The van der Waals surface area contributed by atoms with Crippen LogP contribution >= 0.6 is 0 Å². The number of rotatable bonds is 5. The Morgan fingerprint density at radius 1 is 1.08 bits per heavy atom. The predicted molar refractivity (Wildman–Crippen MR) is 97.2 cm³/mol. The van der Waals surface area contributed by atoms with Crippen LogP contribution in [0.1, 0.15) is 5.56 Å². The number of fused-ring (bicyclic) bond motifs is 1. The van der Waals surface area contributed by atoms with Gasteiger partial charge in [-0.05, 0) is 17.7 Å². The molecular formula is C19H23N5O. The fourth-order valence-electron chi connectivity index (χ4n) is 3.45. The zero-order chi connectivity index (χ0) is 17.1. The Morgan fingerprint density at radius 3 is 2.72 bits per heavy atom. The average Bonchev–Trinajstić information content (AvgIpc) is 3.31. The van der Waals surface area contributed by atoms with Gasteiger partial charge in [-0.3, -0.25) is 14.4 Å². The maximum absolute atomic E-state index is 12.6. The van der Waals surface area contributed by atoms with Gasteiger partial charge >= 0.3 is 0 Å². The van der Waals surface area contributed by atoms with E-state index in [0.29, 0.717) is 6.42 Å². The Bertz CT molecular complexity index is 831. The van der Waals surface area contributed by atoms with Gasteiger partial charge in [-0.15, -0.1) is 0 Å². The molecule has 6 heteroatoms. The third-order valence-corrected chi connectivity index (χ3v) is 4.95. The highest BCUT2D eigenvalue weighted by atomic mass is 16.2. The molecule has 130 valence electrons. The molecule has 0 bridgehead atoms. The lowest BCUT2D eigenvalue weighted by molar-refractivity contribution is -0.132. The molecule has 3 heterocycles. The molecule has 1 aliphatic rings. The molecule has 0 unspecified atom stereocenters. The molecular weight excluding hydrogens is 314 g/mol. The summed E-state index contributed by atoms with van der Waals surface area (Å²) >= 11 is 0. The summed E-state index contributed by atoms with van der Waals surface area (Å²) in [6, 6.07) is 10.1. The first-order valence-electron chi connectivity index (χ1n) is 8.82. The van der Waals surface area contributed by atoms with E-state index in [9.17, 15) is 4.79 Å². The third kappa shape index (κ3) is 3.58. The molecule has 1 amide bonds. The molecule has 3 aromatic rings. The van der Waals surface area contributed by atoms with Crippen LogP contribution in [0, 0.1) is 0 Å². The number of aromatic nitrogens is 3. The van der Waals surface area contributed by atoms with E-state index < -0.39 is 0 Å². The number of nitrogens with one attached hydrogen (secondary N) is 1. The lowest BCUT2D eigenvalue weighted by Crippen LogP contribution is -2.49. The largest absolute Gasteiger partial charge is 0.361 e. The van der Waals surface area contributed by atoms with Crippen LogP contribution in [0.25, 0.3) is 10.9 Å². The molecule has 2 aromatic heterocycles. The van der Waals surface area contributed by atoms with Gasteiger partial charge in [0.1, 0.15) is 0 Å². The van der Waals surface area contributed by atoms with Crippen LogP contribution in [0.5, 0.6) is 0 Å². The standard InChI is InChI=1S/C19H23N5O/c25-19(14-16-15-20-18-5-2-1-4-17(16)18)23-11-8-22(9-12-23)10-13-24-7-3-6-21-24/h1-7,15,20H,8-14H2. The number of para-hydroxylation sites is 1. The van der Waals surface area contributed by atoms with Crippen molar-refractivity contribution in [1.29, 1.82) is 0 Å². The maximum atomic E-state index is 12.6. The van der Waals surface area contributed by atoms with E-state index in [1.165, 1.54) is 0 Å². The van der Waals surface area contributed by atoms with Gasteiger partial charge < -0.3 is 9.88 Å². The number of nitrogens with zero attached hydrogens (tertiary/aromatic N) is 4. The van der Waals surface area contributed by atoms with Gasteiger partial charge in [-0.2, -0.15) is 5.10 Å².